The molecule has 0 radical (unpaired) electrons. The lowest BCUT2D eigenvalue weighted by molar-refractivity contribution is 0.107. The third kappa shape index (κ3) is 5.33. The minimum absolute atomic E-state index is 0. The van der Waals surface area contributed by atoms with Gasteiger partial charge in [-0.3, -0.25) is 9.89 Å². The summed E-state index contributed by atoms with van der Waals surface area (Å²) in [6, 6.07) is 9.44. The zero-order valence-electron chi connectivity index (χ0n) is 15.8. The van der Waals surface area contributed by atoms with E-state index in [1.807, 2.05) is 7.05 Å². The first-order chi connectivity index (χ1) is 11.6. The Morgan fingerprint density at radius 1 is 1.20 bits per heavy atom. The predicted octanol–water partition coefficient (Wildman–Crippen LogP) is 3.55. The van der Waals surface area contributed by atoms with Gasteiger partial charge in [0.2, 0.25) is 0 Å². The van der Waals surface area contributed by atoms with E-state index < -0.39 is 0 Å². The van der Waals surface area contributed by atoms with Crippen LogP contribution in [0.15, 0.2) is 29.3 Å². The fraction of sp³-hybridized carbons (Fsp3) is 0.650. The summed E-state index contributed by atoms with van der Waals surface area (Å²) in [6.07, 6.45) is 6.37. The highest BCUT2D eigenvalue weighted by Gasteiger charge is 2.30. The molecule has 1 aromatic carbocycles. The number of nitrogens with one attached hydrogen (secondary N) is 2. The largest absolute Gasteiger partial charge is 0.355 e. The Kier molecular flexibility index (Phi) is 7.55. The number of benzene rings is 1. The SMILES string of the molecule is CN=C(NCC(C)(C)N1CCc2ccccc2C1)NC1CCCC1.I. The molecule has 0 aromatic heterocycles. The van der Waals surface area contributed by atoms with Crippen molar-refractivity contribution in [2.45, 2.75) is 64.1 Å². The van der Waals surface area contributed by atoms with Crippen LogP contribution in [0.1, 0.15) is 50.7 Å². The molecule has 0 spiro atoms. The van der Waals surface area contributed by atoms with Gasteiger partial charge in [-0.25, -0.2) is 0 Å². The van der Waals surface area contributed by atoms with Crippen LogP contribution in [0.4, 0.5) is 0 Å². The zero-order chi connectivity index (χ0) is 17.0. The van der Waals surface area contributed by atoms with Crippen molar-refractivity contribution >= 4 is 29.9 Å². The van der Waals surface area contributed by atoms with Crippen LogP contribution < -0.4 is 10.6 Å². The molecule has 0 unspecified atom stereocenters. The second kappa shape index (κ2) is 9.21. The lowest BCUT2D eigenvalue weighted by Crippen LogP contribution is -2.55. The molecule has 1 saturated carbocycles. The lowest BCUT2D eigenvalue weighted by Gasteiger charge is -2.42. The second-order valence-corrected chi connectivity index (χ2v) is 7.80. The quantitative estimate of drug-likeness (QED) is 0.414. The Morgan fingerprint density at radius 3 is 2.56 bits per heavy atom. The van der Waals surface area contributed by atoms with E-state index in [0.717, 1.165) is 32.0 Å². The summed E-state index contributed by atoms with van der Waals surface area (Å²) in [6.45, 7) is 7.73. The van der Waals surface area contributed by atoms with Gasteiger partial charge < -0.3 is 10.6 Å². The van der Waals surface area contributed by atoms with Crippen molar-refractivity contribution in [3.63, 3.8) is 0 Å². The molecular weight excluding hydrogens is 423 g/mol. The van der Waals surface area contributed by atoms with Gasteiger partial charge in [0.15, 0.2) is 5.96 Å². The highest BCUT2D eigenvalue weighted by molar-refractivity contribution is 14.0. The minimum Gasteiger partial charge on any atom is -0.355 e. The minimum atomic E-state index is 0. The Bertz CT molecular complexity index is 579. The molecular formula is C20H33IN4. The normalized spacial score (nSPS) is 19.2. The van der Waals surface area contributed by atoms with Crippen molar-refractivity contribution in [1.82, 2.24) is 15.5 Å². The molecule has 25 heavy (non-hydrogen) atoms. The van der Waals surface area contributed by atoms with Gasteiger partial charge in [-0.2, -0.15) is 0 Å². The van der Waals surface area contributed by atoms with E-state index in [9.17, 15) is 0 Å². The molecule has 5 heteroatoms. The molecule has 0 bridgehead atoms. The van der Waals surface area contributed by atoms with Crippen molar-refractivity contribution in [2.24, 2.45) is 4.99 Å². The fourth-order valence-corrected chi connectivity index (χ4v) is 3.88. The van der Waals surface area contributed by atoms with Crippen molar-refractivity contribution in [1.29, 1.82) is 0 Å². The standard InChI is InChI=1S/C20H32N4.HI/c1-20(2,15-22-19(21-3)23-18-10-6-7-11-18)24-13-12-16-8-4-5-9-17(16)14-24;/h4-5,8-9,18H,6-7,10-15H2,1-3H3,(H2,21,22,23);1H. The van der Waals surface area contributed by atoms with Gasteiger partial charge in [-0.1, -0.05) is 37.1 Å². The molecule has 3 rings (SSSR count). The predicted molar refractivity (Wildman–Crippen MR) is 117 cm³/mol. The number of aliphatic imine (C=N–C) groups is 1. The van der Waals surface area contributed by atoms with Crippen LogP contribution >= 0.6 is 24.0 Å². The Morgan fingerprint density at radius 2 is 1.88 bits per heavy atom. The number of hydrogen-bond acceptors (Lipinski definition) is 2. The average Bonchev–Trinajstić information content (AvgIpc) is 3.11. The molecule has 2 N–H and O–H groups in total. The van der Waals surface area contributed by atoms with Gasteiger partial charge in [0.1, 0.15) is 0 Å². The first-order valence-electron chi connectivity index (χ1n) is 9.37. The van der Waals surface area contributed by atoms with Gasteiger partial charge in [-0.15, -0.1) is 24.0 Å². The number of rotatable bonds is 4. The van der Waals surface area contributed by atoms with E-state index in [4.69, 9.17) is 0 Å². The van der Waals surface area contributed by atoms with Gasteiger partial charge in [-0.05, 0) is 44.2 Å². The van der Waals surface area contributed by atoms with Crippen LogP contribution in [0, 0.1) is 0 Å². The third-order valence-corrected chi connectivity index (χ3v) is 5.59. The summed E-state index contributed by atoms with van der Waals surface area (Å²) in [5, 5.41) is 7.13. The summed E-state index contributed by atoms with van der Waals surface area (Å²) in [4.78, 5) is 7.00. The summed E-state index contributed by atoms with van der Waals surface area (Å²) in [5.41, 5.74) is 3.09. The zero-order valence-corrected chi connectivity index (χ0v) is 18.2. The molecule has 0 saturated heterocycles. The maximum absolute atomic E-state index is 4.41. The first kappa shape index (κ1) is 20.5. The van der Waals surface area contributed by atoms with E-state index in [0.29, 0.717) is 6.04 Å². The van der Waals surface area contributed by atoms with Gasteiger partial charge in [0.25, 0.3) is 0 Å². The smallest absolute Gasteiger partial charge is 0.191 e. The molecule has 140 valence electrons. The first-order valence-corrected chi connectivity index (χ1v) is 9.37. The molecule has 1 aliphatic heterocycles. The Hall–Kier alpha value is -0.820. The highest BCUT2D eigenvalue weighted by atomic mass is 127. The van der Waals surface area contributed by atoms with Gasteiger partial charge >= 0.3 is 0 Å². The van der Waals surface area contributed by atoms with Crippen LogP contribution in [0.25, 0.3) is 0 Å². The molecule has 2 aliphatic rings. The van der Waals surface area contributed by atoms with Crippen LogP contribution in [-0.2, 0) is 13.0 Å². The van der Waals surface area contributed by atoms with Crippen LogP contribution in [-0.4, -0.2) is 42.6 Å². The molecule has 0 atom stereocenters. The van der Waals surface area contributed by atoms with Crippen molar-refractivity contribution in [2.75, 3.05) is 20.1 Å². The third-order valence-electron chi connectivity index (χ3n) is 5.59. The number of hydrogen-bond donors (Lipinski definition) is 2. The Labute approximate surface area is 169 Å². The van der Waals surface area contributed by atoms with E-state index in [-0.39, 0.29) is 29.5 Å². The number of nitrogens with zero attached hydrogens (tertiary/aromatic N) is 2. The lowest BCUT2D eigenvalue weighted by atomic mass is 9.94. The van der Waals surface area contributed by atoms with Crippen molar-refractivity contribution < 1.29 is 0 Å². The maximum Gasteiger partial charge on any atom is 0.191 e. The fourth-order valence-electron chi connectivity index (χ4n) is 3.88. The number of fused-ring (bicyclic) bond motifs is 1. The van der Waals surface area contributed by atoms with E-state index in [1.165, 1.54) is 36.8 Å². The number of halogens is 1. The van der Waals surface area contributed by atoms with E-state index in [2.05, 4.69) is 58.6 Å². The second-order valence-electron chi connectivity index (χ2n) is 7.80. The number of guanidine groups is 1. The van der Waals surface area contributed by atoms with E-state index >= 15 is 0 Å². The summed E-state index contributed by atoms with van der Waals surface area (Å²) >= 11 is 0. The molecule has 0 amide bonds. The monoisotopic (exact) mass is 456 g/mol. The van der Waals surface area contributed by atoms with Crippen LogP contribution in [0.2, 0.25) is 0 Å². The summed E-state index contributed by atoms with van der Waals surface area (Å²) < 4.78 is 0. The van der Waals surface area contributed by atoms with Crippen LogP contribution in [0.3, 0.4) is 0 Å². The molecule has 1 aliphatic carbocycles. The van der Waals surface area contributed by atoms with Crippen LogP contribution in [0.5, 0.6) is 0 Å². The molecule has 1 fully saturated rings. The maximum atomic E-state index is 4.41. The summed E-state index contributed by atoms with van der Waals surface area (Å²) in [7, 11) is 1.87. The van der Waals surface area contributed by atoms with E-state index in [1.54, 1.807) is 0 Å². The van der Waals surface area contributed by atoms with Gasteiger partial charge in [0, 0.05) is 38.3 Å². The topological polar surface area (TPSA) is 39.7 Å². The van der Waals surface area contributed by atoms with Gasteiger partial charge in [0.05, 0.1) is 0 Å². The highest BCUT2D eigenvalue weighted by Crippen LogP contribution is 2.25. The Balaban J connectivity index is 0.00000225. The molecule has 1 aromatic rings. The average molecular weight is 456 g/mol. The molecule has 1 heterocycles. The molecule has 4 nitrogen and oxygen atoms in total. The summed E-state index contributed by atoms with van der Waals surface area (Å²) in [5.74, 6) is 0.951. The van der Waals surface area contributed by atoms with Crippen molar-refractivity contribution in [3.8, 4) is 0 Å². The van der Waals surface area contributed by atoms with Crippen molar-refractivity contribution in [3.05, 3.63) is 35.4 Å².